The van der Waals surface area contributed by atoms with Gasteiger partial charge in [-0.2, -0.15) is 5.10 Å². The van der Waals surface area contributed by atoms with Crippen molar-refractivity contribution in [3.05, 3.63) is 76.7 Å². The average molecular weight is 293 g/mol. The molecule has 0 bridgehead atoms. The van der Waals surface area contributed by atoms with Gasteiger partial charge in [-0.1, -0.05) is 48.5 Å². The Kier molecular flexibility index (Phi) is 3.77. The summed E-state index contributed by atoms with van der Waals surface area (Å²) in [6.45, 7) is 4.55. The maximum absolute atomic E-state index is 12.4. The Labute approximate surface area is 129 Å². The van der Waals surface area contributed by atoms with E-state index in [1.54, 1.807) is 6.20 Å². The maximum Gasteiger partial charge on any atom is 0.275 e. The van der Waals surface area contributed by atoms with E-state index in [1.807, 2.05) is 42.5 Å². The van der Waals surface area contributed by atoms with Gasteiger partial charge in [0.15, 0.2) is 0 Å². The summed E-state index contributed by atoms with van der Waals surface area (Å²) in [6, 6.07) is 17.7. The Hall–Kier alpha value is -2.46. The Morgan fingerprint density at radius 2 is 1.73 bits per heavy atom. The summed E-state index contributed by atoms with van der Waals surface area (Å²) in [7, 11) is 0. The highest BCUT2D eigenvalue weighted by Crippen LogP contribution is 2.19. The lowest BCUT2D eigenvalue weighted by atomic mass is 9.95. The summed E-state index contributed by atoms with van der Waals surface area (Å²) in [5.41, 5.74) is 0.854. The van der Waals surface area contributed by atoms with Crippen molar-refractivity contribution < 1.29 is 0 Å². The van der Waals surface area contributed by atoms with Crippen LogP contribution >= 0.6 is 0 Å². The zero-order valence-electron chi connectivity index (χ0n) is 12.8. The number of benzene rings is 2. The molecule has 1 N–H and O–H groups in total. The standard InChI is InChI=1S/C18H19N3O/c1-18(2,15-9-4-3-5-10-15)19-13-21-17(22)16-11-7-6-8-14(16)12-20-21/h3-12,19H,13H2,1-2H3. The summed E-state index contributed by atoms with van der Waals surface area (Å²) in [5, 5.41) is 9.20. The lowest BCUT2D eigenvalue weighted by Gasteiger charge is -2.27. The first-order valence-electron chi connectivity index (χ1n) is 7.33. The molecule has 0 aliphatic carbocycles. The molecule has 0 radical (unpaired) electrons. The van der Waals surface area contributed by atoms with Crippen LogP contribution in [0.2, 0.25) is 0 Å². The molecule has 0 spiro atoms. The zero-order chi connectivity index (χ0) is 15.6. The quantitative estimate of drug-likeness (QED) is 0.804. The van der Waals surface area contributed by atoms with E-state index in [1.165, 1.54) is 10.2 Å². The Bertz CT molecular complexity index is 838. The van der Waals surface area contributed by atoms with Crippen LogP contribution in [0.1, 0.15) is 19.4 Å². The molecule has 0 saturated carbocycles. The van der Waals surface area contributed by atoms with E-state index in [0.29, 0.717) is 12.1 Å². The van der Waals surface area contributed by atoms with Crippen molar-refractivity contribution in [1.82, 2.24) is 15.1 Å². The van der Waals surface area contributed by atoms with Gasteiger partial charge in [0.25, 0.3) is 5.56 Å². The van der Waals surface area contributed by atoms with E-state index in [0.717, 1.165) is 5.39 Å². The first kappa shape index (κ1) is 14.5. The van der Waals surface area contributed by atoms with Gasteiger partial charge in [-0.05, 0) is 25.5 Å². The third kappa shape index (κ3) is 2.78. The fraction of sp³-hybridized carbons (Fsp3) is 0.222. The third-order valence-electron chi connectivity index (χ3n) is 3.93. The molecule has 3 aromatic rings. The van der Waals surface area contributed by atoms with Crippen molar-refractivity contribution in [1.29, 1.82) is 0 Å². The summed E-state index contributed by atoms with van der Waals surface area (Å²) in [4.78, 5) is 12.4. The van der Waals surface area contributed by atoms with Crippen LogP contribution in [0.15, 0.2) is 65.6 Å². The van der Waals surface area contributed by atoms with Crippen LogP contribution in [-0.2, 0) is 12.2 Å². The smallest absolute Gasteiger partial charge is 0.275 e. The Morgan fingerprint density at radius 1 is 1.05 bits per heavy atom. The van der Waals surface area contributed by atoms with Gasteiger partial charge in [0.05, 0.1) is 18.3 Å². The molecular weight excluding hydrogens is 274 g/mol. The van der Waals surface area contributed by atoms with Crippen LogP contribution < -0.4 is 10.9 Å². The minimum Gasteiger partial charge on any atom is -0.289 e. The molecule has 4 heteroatoms. The second kappa shape index (κ2) is 5.73. The molecule has 0 atom stereocenters. The van der Waals surface area contributed by atoms with E-state index in [4.69, 9.17) is 0 Å². The summed E-state index contributed by atoms with van der Waals surface area (Å²) in [6.07, 6.45) is 1.73. The lowest BCUT2D eigenvalue weighted by Crippen LogP contribution is -2.40. The number of fused-ring (bicyclic) bond motifs is 1. The molecule has 1 aromatic heterocycles. The molecule has 2 aromatic carbocycles. The number of hydrogen-bond donors (Lipinski definition) is 1. The molecule has 3 rings (SSSR count). The van der Waals surface area contributed by atoms with E-state index in [2.05, 4.69) is 36.4 Å². The zero-order valence-corrected chi connectivity index (χ0v) is 12.8. The van der Waals surface area contributed by atoms with E-state index >= 15 is 0 Å². The van der Waals surface area contributed by atoms with Crippen molar-refractivity contribution in [2.75, 3.05) is 0 Å². The summed E-state index contributed by atoms with van der Waals surface area (Å²) < 4.78 is 1.47. The van der Waals surface area contributed by atoms with Crippen LogP contribution in [0.4, 0.5) is 0 Å². The highest BCUT2D eigenvalue weighted by Gasteiger charge is 2.19. The maximum atomic E-state index is 12.4. The highest BCUT2D eigenvalue weighted by molar-refractivity contribution is 5.80. The summed E-state index contributed by atoms with van der Waals surface area (Å²) in [5.74, 6) is 0. The molecule has 4 nitrogen and oxygen atoms in total. The minimum absolute atomic E-state index is 0.0746. The van der Waals surface area contributed by atoms with Crippen molar-refractivity contribution in [3.8, 4) is 0 Å². The number of hydrogen-bond acceptors (Lipinski definition) is 3. The normalized spacial score (nSPS) is 11.7. The van der Waals surface area contributed by atoms with Crippen LogP contribution in [0.5, 0.6) is 0 Å². The molecule has 22 heavy (non-hydrogen) atoms. The molecule has 0 saturated heterocycles. The van der Waals surface area contributed by atoms with Crippen molar-refractivity contribution in [3.63, 3.8) is 0 Å². The minimum atomic E-state index is -0.242. The molecule has 112 valence electrons. The van der Waals surface area contributed by atoms with E-state index < -0.39 is 0 Å². The third-order valence-corrected chi connectivity index (χ3v) is 3.93. The van der Waals surface area contributed by atoms with Gasteiger partial charge in [0, 0.05) is 10.9 Å². The lowest BCUT2D eigenvalue weighted by molar-refractivity contribution is 0.340. The topological polar surface area (TPSA) is 46.9 Å². The first-order valence-corrected chi connectivity index (χ1v) is 7.33. The molecule has 0 aliphatic heterocycles. The number of nitrogens with one attached hydrogen (secondary N) is 1. The monoisotopic (exact) mass is 293 g/mol. The Balaban J connectivity index is 1.85. The number of aromatic nitrogens is 2. The van der Waals surface area contributed by atoms with E-state index in [-0.39, 0.29) is 11.1 Å². The second-order valence-corrected chi connectivity index (χ2v) is 5.86. The average Bonchev–Trinajstić information content (AvgIpc) is 2.55. The van der Waals surface area contributed by atoms with Crippen molar-refractivity contribution in [2.24, 2.45) is 0 Å². The fourth-order valence-corrected chi connectivity index (χ4v) is 2.47. The van der Waals surface area contributed by atoms with Gasteiger partial charge < -0.3 is 0 Å². The van der Waals surface area contributed by atoms with Crippen LogP contribution in [-0.4, -0.2) is 9.78 Å². The Morgan fingerprint density at radius 3 is 2.50 bits per heavy atom. The van der Waals surface area contributed by atoms with Crippen LogP contribution in [0.25, 0.3) is 10.8 Å². The SMILES string of the molecule is CC(C)(NCn1ncc2ccccc2c1=O)c1ccccc1. The second-order valence-electron chi connectivity index (χ2n) is 5.86. The summed E-state index contributed by atoms with van der Waals surface area (Å²) >= 11 is 0. The molecule has 1 heterocycles. The largest absolute Gasteiger partial charge is 0.289 e. The predicted molar refractivity (Wildman–Crippen MR) is 88.6 cm³/mol. The molecule has 0 amide bonds. The fourth-order valence-electron chi connectivity index (χ4n) is 2.47. The molecule has 0 fully saturated rings. The predicted octanol–water partition coefficient (Wildman–Crippen LogP) is 2.88. The molecular formula is C18H19N3O. The number of nitrogens with zero attached hydrogens (tertiary/aromatic N) is 2. The van der Waals surface area contributed by atoms with Crippen molar-refractivity contribution >= 4 is 10.8 Å². The highest BCUT2D eigenvalue weighted by atomic mass is 16.1. The van der Waals surface area contributed by atoms with Gasteiger partial charge in [-0.15, -0.1) is 0 Å². The molecule has 0 unspecified atom stereocenters. The van der Waals surface area contributed by atoms with Gasteiger partial charge in [0.2, 0.25) is 0 Å². The van der Waals surface area contributed by atoms with Gasteiger partial charge in [-0.3, -0.25) is 10.1 Å². The van der Waals surface area contributed by atoms with Gasteiger partial charge in [-0.25, -0.2) is 4.68 Å². The van der Waals surface area contributed by atoms with Crippen LogP contribution in [0.3, 0.4) is 0 Å². The van der Waals surface area contributed by atoms with Crippen molar-refractivity contribution in [2.45, 2.75) is 26.1 Å². The van der Waals surface area contributed by atoms with E-state index in [9.17, 15) is 4.79 Å². The van der Waals surface area contributed by atoms with Gasteiger partial charge >= 0.3 is 0 Å². The van der Waals surface area contributed by atoms with Gasteiger partial charge in [0.1, 0.15) is 0 Å². The molecule has 0 aliphatic rings. The first-order chi connectivity index (χ1) is 10.6. The number of rotatable bonds is 4. The van der Waals surface area contributed by atoms with Crippen LogP contribution in [0, 0.1) is 0 Å².